The summed E-state index contributed by atoms with van der Waals surface area (Å²) in [7, 11) is 0. The fourth-order valence-corrected chi connectivity index (χ4v) is 4.20. The fraction of sp³-hybridized carbons (Fsp3) is 0.474. The summed E-state index contributed by atoms with van der Waals surface area (Å²) in [6.45, 7) is -0.899. The van der Waals surface area contributed by atoms with Crippen molar-refractivity contribution in [2.45, 2.75) is 30.6 Å². The van der Waals surface area contributed by atoms with Gasteiger partial charge >= 0.3 is 5.97 Å². The molecule has 3 amide bonds. The fourth-order valence-electron chi connectivity index (χ4n) is 3.64. The van der Waals surface area contributed by atoms with Gasteiger partial charge in [-0.2, -0.15) is 0 Å². The minimum atomic E-state index is -0.761. The van der Waals surface area contributed by atoms with E-state index in [0.717, 1.165) is 22.6 Å². The Morgan fingerprint density at radius 3 is 2.41 bits per heavy atom. The van der Waals surface area contributed by atoms with Gasteiger partial charge in [0, 0.05) is 4.90 Å². The molecular formula is C19H22N2O5S. The predicted molar refractivity (Wildman–Crippen MR) is 100.0 cm³/mol. The lowest BCUT2D eigenvalue weighted by molar-refractivity contribution is -0.154. The van der Waals surface area contributed by atoms with Crippen LogP contribution in [0.1, 0.15) is 25.7 Å². The van der Waals surface area contributed by atoms with E-state index < -0.39 is 25.0 Å². The first-order valence-corrected chi connectivity index (χ1v) is 10.2. The Morgan fingerprint density at radius 1 is 1.15 bits per heavy atom. The van der Waals surface area contributed by atoms with Gasteiger partial charge in [0.05, 0.1) is 17.5 Å². The lowest BCUT2D eigenvalue weighted by Gasteiger charge is -2.19. The molecule has 1 N–H and O–H groups in total. The average molecular weight is 390 g/mol. The maximum atomic E-state index is 12.4. The number of ether oxygens (including phenoxy) is 1. The summed E-state index contributed by atoms with van der Waals surface area (Å²) in [6.07, 6.45) is 5.13. The van der Waals surface area contributed by atoms with E-state index in [0.29, 0.717) is 18.5 Å². The summed E-state index contributed by atoms with van der Waals surface area (Å²) in [5.41, 5.74) is 0.639. The standard InChI is InChI=1S/C19H22N2O5S/c1-27-15-9-5-4-8-14(15)20-16(22)11-26-17(23)10-21-18(24)12-6-2-3-7-13(12)19(21)25/h4-5,8-9,12-13H,2-3,6-7,10-11H2,1H3,(H,20,22)/t12-,13-/m0/s1. The van der Waals surface area contributed by atoms with Crippen LogP contribution in [0.15, 0.2) is 29.2 Å². The Balaban J connectivity index is 1.50. The van der Waals surface area contributed by atoms with Crippen LogP contribution in [-0.4, -0.2) is 48.0 Å². The van der Waals surface area contributed by atoms with Crippen molar-refractivity contribution in [3.8, 4) is 0 Å². The number of thioether (sulfide) groups is 1. The van der Waals surface area contributed by atoms with E-state index in [-0.39, 0.29) is 23.7 Å². The zero-order valence-electron chi connectivity index (χ0n) is 15.1. The van der Waals surface area contributed by atoms with Crippen LogP contribution >= 0.6 is 11.8 Å². The number of likely N-dealkylation sites (tertiary alicyclic amines) is 1. The topological polar surface area (TPSA) is 92.8 Å². The summed E-state index contributed by atoms with van der Waals surface area (Å²) in [6, 6.07) is 7.29. The van der Waals surface area contributed by atoms with Gasteiger partial charge in [0.1, 0.15) is 6.54 Å². The summed E-state index contributed by atoms with van der Waals surface area (Å²) in [5.74, 6) is -2.42. The van der Waals surface area contributed by atoms with E-state index in [4.69, 9.17) is 4.74 Å². The van der Waals surface area contributed by atoms with Crippen LogP contribution in [0.5, 0.6) is 0 Å². The number of imide groups is 1. The minimum absolute atomic E-state index is 0.292. The number of nitrogens with one attached hydrogen (secondary N) is 1. The van der Waals surface area contributed by atoms with Crippen LogP contribution in [0.3, 0.4) is 0 Å². The first-order valence-electron chi connectivity index (χ1n) is 8.95. The Kier molecular flexibility index (Phi) is 6.15. The highest BCUT2D eigenvalue weighted by molar-refractivity contribution is 7.98. The van der Waals surface area contributed by atoms with Crippen molar-refractivity contribution in [2.75, 3.05) is 24.7 Å². The van der Waals surface area contributed by atoms with Crippen molar-refractivity contribution in [3.63, 3.8) is 0 Å². The third kappa shape index (κ3) is 4.32. The van der Waals surface area contributed by atoms with Crippen LogP contribution in [0.4, 0.5) is 5.69 Å². The molecule has 7 nitrogen and oxygen atoms in total. The molecule has 1 aromatic rings. The van der Waals surface area contributed by atoms with E-state index >= 15 is 0 Å². The lowest BCUT2D eigenvalue weighted by Crippen LogP contribution is -2.37. The molecule has 0 bridgehead atoms. The molecule has 3 rings (SSSR count). The number of benzene rings is 1. The van der Waals surface area contributed by atoms with Gasteiger partial charge < -0.3 is 10.1 Å². The van der Waals surface area contributed by atoms with Gasteiger partial charge in [-0.25, -0.2) is 0 Å². The molecule has 144 valence electrons. The molecular weight excluding hydrogens is 368 g/mol. The molecule has 0 aromatic heterocycles. The van der Waals surface area contributed by atoms with Gasteiger partial charge in [0.25, 0.3) is 5.91 Å². The van der Waals surface area contributed by atoms with Crippen molar-refractivity contribution < 1.29 is 23.9 Å². The molecule has 1 saturated heterocycles. The Hall–Kier alpha value is -2.35. The van der Waals surface area contributed by atoms with Gasteiger partial charge in [-0.1, -0.05) is 25.0 Å². The zero-order valence-corrected chi connectivity index (χ0v) is 15.9. The highest BCUT2D eigenvalue weighted by Crippen LogP contribution is 2.37. The van der Waals surface area contributed by atoms with E-state index in [1.165, 1.54) is 11.8 Å². The van der Waals surface area contributed by atoms with Crippen LogP contribution in [0.25, 0.3) is 0 Å². The van der Waals surface area contributed by atoms with Crippen molar-refractivity contribution in [2.24, 2.45) is 11.8 Å². The highest BCUT2D eigenvalue weighted by atomic mass is 32.2. The van der Waals surface area contributed by atoms with Crippen molar-refractivity contribution >= 4 is 41.1 Å². The maximum absolute atomic E-state index is 12.4. The number of carbonyl (C=O) groups excluding carboxylic acids is 4. The molecule has 0 unspecified atom stereocenters. The number of hydrogen-bond donors (Lipinski definition) is 1. The van der Waals surface area contributed by atoms with E-state index in [9.17, 15) is 19.2 Å². The van der Waals surface area contributed by atoms with Gasteiger partial charge in [-0.05, 0) is 31.2 Å². The number of nitrogens with zero attached hydrogens (tertiary/aromatic N) is 1. The van der Waals surface area contributed by atoms with Gasteiger partial charge in [-0.15, -0.1) is 11.8 Å². The number of carbonyl (C=O) groups is 4. The largest absolute Gasteiger partial charge is 0.454 e. The van der Waals surface area contributed by atoms with E-state index in [1.54, 1.807) is 12.1 Å². The van der Waals surface area contributed by atoms with E-state index in [1.807, 2.05) is 18.4 Å². The van der Waals surface area contributed by atoms with Crippen LogP contribution < -0.4 is 5.32 Å². The smallest absolute Gasteiger partial charge is 0.326 e. The molecule has 1 aromatic carbocycles. The molecule has 0 spiro atoms. The summed E-state index contributed by atoms with van der Waals surface area (Å²) in [5, 5.41) is 2.68. The average Bonchev–Trinajstić information content (AvgIpc) is 2.92. The van der Waals surface area contributed by atoms with Gasteiger partial charge in [0.2, 0.25) is 11.8 Å². The molecule has 1 aliphatic carbocycles. The number of amides is 3. The first kappa shape index (κ1) is 19.4. The SMILES string of the molecule is CSc1ccccc1NC(=O)COC(=O)CN1C(=O)[C@H]2CCCC[C@@H]2C1=O. The Labute approximate surface area is 161 Å². The summed E-state index contributed by atoms with van der Waals surface area (Å²) >= 11 is 1.49. The number of esters is 1. The van der Waals surface area contributed by atoms with Crippen molar-refractivity contribution in [3.05, 3.63) is 24.3 Å². The van der Waals surface area contributed by atoms with Crippen LogP contribution in [-0.2, 0) is 23.9 Å². The van der Waals surface area contributed by atoms with E-state index in [2.05, 4.69) is 5.32 Å². The number of hydrogen-bond acceptors (Lipinski definition) is 6. The Morgan fingerprint density at radius 2 is 1.78 bits per heavy atom. The molecule has 2 aliphatic rings. The quantitative estimate of drug-likeness (QED) is 0.454. The summed E-state index contributed by atoms with van der Waals surface area (Å²) in [4.78, 5) is 50.6. The molecule has 1 heterocycles. The first-order chi connectivity index (χ1) is 13.0. The Bertz CT molecular complexity index is 742. The zero-order chi connectivity index (χ0) is 19.4. The number of fused-ring (bicyclic) bond motifs is 1. The van der Waals surface area contributed by atoms with Gasteiger partial charge in [-0.3, -0.25) is 24.1 Å². The van der Waals surface area contributed by atoms with Crippen molar-refractivity contribution in [1.29, 1.82) is 0 Å². The second-order valence-corrected chi connectivity index (χ2v) is 7.52. The molecule has 1 saturated carbocycles. The van der Waals surface area contributed by atoms with Crippen LogP contribution in [0.2, 0.25) is 0 Å². The highest BCUT2D eigenvalue weighted by Gasteiger charge is 2.48. The molecule has 2 atom stereocenters. The predicted octanol–water partition coefficient (Wildman–Crippen LogP) is 2.07. The van der Waals surface area contributed by atoms with Gasteiger partial charge in [0.15, 0.2) is 6.61 Å². The number of para-hydroxylation sites is 1. The maximum Gasteiger partial charge on any atom is 0.326 e. The minimum Gasteiger partial charge on any atom is -0.454 e. The monoisotopic (exact) mass is 390 g/mol. The molecule has 0 radical (unpaired) electrons. The lowest BCUT2D eigenvalue weighted by atomic mass is 9.81. The summed E-state index contributed by atoms with van der Waals surface area (Å²) < 4.78 is 4.96. The molecule has 8 heteroatoms. The molecule has 27 heavy (non-hydrogen) atoms. The van der Waals surface area contributed by atoms with Crippen LogP contribution in [0, 0.1) is 11.8 Å². The second kappa shape index (κ2) is 8.56. The third-order valence-corrected chi connectivity index (χ3v) is 5.76. The molecule has 1 aliphatic heterocycles. The van der Waals surface area contributed by atoms with Crippen molar-refractivity contribution in [1.82, 2.24) is 4.90 Å². The second-order valence-electron chi connectivity index (χ2n) is 6.67. The number of rotatable bonds is 6. The normalized spacial score (nSPS) is 21.7. The third-order valence-electron chi connectivity index (χ3n) is 4.96. The number of anilines is 1. The molecule has 2 fully saturated rings.